The summed E-state index contributed by atoms with van der Waals surface area (Å²) in [5, 5.41) is 3.92. The molecule has 1 saturated carbocycles. The first-order valence-corrected chi connectivity index (χ1v) is 10.1. The van der Waals surface area contributed by atoms with E-state index in [1.54, 1.807) is 18.2 Å². The highest BCUT2D eigenvalue weighted by atomic mass is 35.5. The van der Waals surface area contributed by atoms with Gasteiger partial charge in [-0.15, -0.1) is 0 Å². The van der Waals surface area contributed by atoms with Crippen LogP contribution in [0.5, 0.6) is 0 Å². The average molecular weight is 343 g/mol. The van der Waals surface area contributed by atoms with E-state index in [-0.39, 0.29) is 0 Å². The number of nitrogens with zero attached hydrogens (tertiary/aromatic N) is 1. The van der Waals surface area contributed by atoms with Gasteiger partial charge in [-0.1, -0.05) is 17.7 Å². The Morgan fingerprint density at radius 3 is 2.77 bits per heavy atom. The van der Waals surface area contributed by atoms with E-state index in [4.69, 9.17) is 11.6 Å². The smallest absolute Gasteiger partial charge is 0.175 e. The quantitative estimate of drug-likeness (QED) is 0.862. The van der Waals surface area contributed by atoms with Crippen LogP contribution in [-0.2, 0) is 16.4 Å². The average Bonchev–Trinajstić information content (AvgIpc) is 3.19. The summed E-state index contributed by atoms with van der Waals surface area (Å²) in [4.78, 5) is 2.92. The maximum atomic E-state index is 11.9. The molecule has 4 nitrogen and oxygen atoms in total. The number of nitrogens with one attached hydrogen (secondary N) is 1. The third kappa shape index (κ3) is 3.82. The summed E-state index contributed by atoms with van der Waals surface area (Å²) < 4.78 is 23.7. The predicted molar refractivity (Wildman–Crippen MR) is 89.0 cm³/mol. The largest absolute Gasteiger partial charge is 0.312 e. The Bertz CT molecular complexity index is 644. The molecule has 1 aromatic rings. The van der Waals surface area contributed by atoms with Crippen LogP contribution in [0, 0.1) is 5.92 Å². The number of rotatable bonds is 6. The summed E-state index contributed by atoms with van der Waals surface area (Å²) in [6.45, 7) is 3.79. The van der Waals surface area contributed by atoms with Crippen LogP contribution >= 0.6 is 11.6 Å². The second kappa shape index (κ2) is 6.48. The van der Waals surface area contributed by atoms with Crippen LogP contribution in [0.3, 0.4) is 0 Å². The van der Waals surface area contributed by atoms with E-state index in [1.807, 2.05) is 0 Å². The predicted octanol–water partition coefficient (Wildman–Crippen LogP) is 2.32. The Morgan fingerprint density at radius 2 is 2.09 bits per heavy atom. The Balaban J connectivity index is 1.58. The molecule has 122 valence electrons. The zero-order valence-corrected chi connectivity index (χ0v) is 14.5. The first-order valence-electron chi connectivity index (χ1n) is 7.87. The molecule has 0 amide bonds. The molecule has 1 aromatic carbocycles. The third-order valence-electron chi connectivity index (χ3n) is 4.59. The summed E-state index contributed by atoms with van der Waals surface area (Å²) in [6.07, 6.45) is 5.17. The summed E-state index contributed by atoms with van der Waals surface area (Å²) in [7, 11) is -3.25. The van der Waals surface area contributed by atoms with Crippen LogP contribution < -0.4 is 5.32 Å². The molecule has 2 aliphatic rings. The molecule has 1 unspecified atom stereocenters. The molecule has 0 radical (unpaired) electrons. The van der Waals surface area contributed by atoms with Gasteiger partial charge >= 0.3 is 0 Å². The van der Waals surface area contributed by atoms with Crippen molar-refractivity contribution < 1.29 is 8.42 Å². The minimum atomic E-state index is -3.25. The molecule has 22 heavy (non-hydrogen) atoms. The van der Waals surface area contributed by atoms with Crippen molar-refractivity contribution in [1.82, 2.24) is 10.2 Å². The van der Waals surface area contributed by atoms with Crippen LogP contribution in [0.25, 0.3) is 0 Å². The SMILES string of the molecule is CS(=O)(=O)c1cccc(Cl)c1CNCC1CCN(C2CC2)C1. The van der Waals surface area contributed by atoms with Gasteiger partial charge < -0.3 is 10.2 Å². The molecule has 1 heterocycles. The maximum Gasteiger partial charge on any atom is 0.175 e. The Labute approximate surface area is 137 Å². The lowest BCUT2D eigenvalue weighted by Gasteiger charge is -2.16. The summed E-state index contributed by atoms with van der Waals surface area (Å²) in [5.74, 6) is 0.657. The molecule has 0 spiro atoms. The first kappa shape index (κ1) is 16.2. The molecule has 1 aliphatic carbocycles. The van der Waals surface area contributed by atoms with Gasteiger partial charge in [0, 0.05) is 36.0 Å². The van der Waals surface area contributed by atoms with Gasteiger partial charge in [0.25, 0.3) is 0 Å². The number of sulfone groups is 1. The lowest BCUT2D eigenvalue weighted by Crippen LogP contribution is -2.27. The van der Waals surface area contributed by atoms with Crippen molar-refractivity contribution in [2.75, 3.05) is 25.9 Å². The standard InChI is InChI=1S/C16H23ClN2O2S/c1-22(20,21)16-4-2-3-15(17)14(16)10-18-9-12-7-8-19(11-12)13-5-6-13/h2-4,12-13,18H,5-11H2,1H3. The molecule has 1 atom stereocenters. The summed E-state index contributed by atoms with van der Waals surface area (Å²) in [5.41, 5.74) is 0.684. The molecule has 2 fully saturated rings. The number of hydrogen-bond acceptors (Lipinski definition) is 4. The Morgan fingerprint density at radius 1 is 1.32 bits per heavy atom. The lowest BCUT2D eigenvalue weighted by atomic mass is 10.1. The van der Waals surface area contributed by atoms with E-state index in [0.29, 0.717) is 27.9 Å². The number of hydrogen-bond donors (Lipinski definition) is 1. The molecule has 3 rings (SSSR count). The minimum absolute atomic E-state index is 0.332. The topological polar surface area (TPSA) is 49.4 Å². The fourth-order valence-corrected chi connectivity index (χ4v) is 4.51. The van der Waals surface area contributed by atoms with E-state index in [1.165, 1.54) is 38.6 Å². The van der Waals surface area contributed by atoms with Crippen molar-refractivity contribution in [3.05, 3.63) is 28.8 Å². The molecule has 0 bridgehead atoms. The molecule has 1 N–H and O–H groups in total. The van der Waals surface area contributed by atoms with E-state index in [9.17, 15) is 8.42 Å². The minimum Gasteiger partial charge on any atom is -0.312 e. The van der Waals surface area contributed by atoms with Crippen LogP contribution in [0.15, 0.2) is 23.1 Å². The van der Waals surface area contributed by atoms with Gasteiger partial charge in [-0.3, -0.25) is 0 Å². The Hall–Kier alpha value is -0.620. The highest BCUT2D eigenvalue weighted by Gasteiger charge is 2.34. The molecule has 1 saturated heterocycles. The van der Waals surface area contributed by atoms with Gasteiger partial charge in [0.1, 0.15) is 0 Å². The van der Waals surface area contributed by atoms with Gasteiger partial charge in [-0.25, -0.2) is 8.42 Å². The van der Waals surface area contributed by atoms with Crippen molar-refractivity contribution in [2.45, 2.75) is 36.7 Å². The van der Waals surface area contributed by atoms with Gasteiger partial charge in [-0.05, 0) is 50.4 Å². The molecule has 1 aliphatic heterocycles. The van der Waals surface area contributed by atoms with E-state index in [2.05, 4.69) is 10.2 Å². The monoisotopic (exact) mass is 342 g/mol. The lowest BCUT2D eigenvalue weighted by molar-refractivity contribution is 0.311. The van der Waals surface area contributed by atoms with Crippen molar-refractivity contribution in [1.29, 1.82) is 0 Å². The van der Waals surface area contributed by atoms with E-state index >= 15 is 0 Å². The van der Waals surface area contributed by atoms with Gasteiger partial charge in [0.2, 0.25) is 0 Å². The van der Waals surface area contributed by atoms with E-state index < -0.39 is 9.84 Å². The van der Waals surface area contributed by atoms with Crippen molar-refractivity contribution in [3.8, 4) is 0 Å². The molecular weight excluding hydrogens is 320 g/mol. The van der Waals surface area contributed by atoms with Crippen molar-refractivity contribution in [2.24, 2.45) is 5.92 Å². The highest BCUT2D eigenvalue weighted by Crippen LogP contribution is 2.31. The van der Waals surface area contributed by atoms with Gasteiger partial charge in [0.05, 0.1) is 4.90 Å². The third-order valence-corrected chi connectivity index (χ3v) is 6.13. The fraction of sp³-hybridized carbons (Fsp3) is 0.625. The zero-order valence-electron chi connectivity index (χ0n) is 12.9. The van der Waals surface area contributed by atoms with E-state index in [0.717, 1.165) is 12.6 Å². The van der Waals surface area contributed by atoms with Crippen LogP contribution in [0.4, 0.5) is 0 Å². The first-order chi connectivity index (χ1) is 10.4. The number of benzene rings is 1. The summed E-state index contributed by atoms with van der Waals surface area (Å²) in [6, 6.07) is 5.90. The second-order valence-corrected chi connectivity index (χ2v) is 8.89. The highest BCUT2D eigenvalue weighted by molar-refractivity contribution is 7.90. The van der Waals surface area contributed by atoms with Crippen molar-refractivity contribution >= 4 is 21.4 Å². The maximum absolute atomic E-state index is 11.9. The van der Waals surface area contributed by atoms with Crippen LogP contribution in [0.1, 0.15) is 24.8 Å². The molecular formula is C16H23ClN2O2S. The fourth-order valence-electron chi connectivity index (χ4n) is 3.26. The Kier molecular flexibility index (Phi) is 4.78. The second-order valence-electron chi connectivity index (χ2n) is 6.50. The number of likely N-dealkylation sites (tertiary alicyclic amines) is 1. The summed E-state index contributed by atoms with van der Waals surface area (Å²) >= 11 is 6.19. The zero-order chi connectivity index (χ0) is 15.7. The molecule has 6 heteroatoms. The van der Waals surface area contributed by atoms with Gasteiger partial charge in [-0.2, -0.15) is 0 Å². The van der Waals surface area contributed by atoms with Crippen LogP contribution in [-0.4, -0.2) is 45.2 Å². The normalized spacial score (nSPS) is 23.1. The molecule has 0 aromatic heterocycles. The van der Waals surface area contributed by atoms with Gasteiger partial charge in [0.15, 0.2) is 9.84 Å². The van der Waals surface area contributed by atoms with Crippen molar-refractivity contribution in [3.63, 3.8) is 0 Å². The van der Waals surface area contributed by atoms with Crippen LogP contribution in [0.2, 0.25) is 5.02 Å². The number of halogens is 1.